The highest BCUT2D eigenvalue weighted by Gasteiger charge is 2.43. The van der Waals surface area contributed by atoms with Gasteiger partial charge in [0.05, 0.1) is 29.9 Å². The summed E-state index contributed by atoms with van der Waals surface area (Å²) in [4.78, 5) is 12.0. The van der Waals surface area contributed by atoms with E-state index in [1.807, 2.05) is 37.0 Å². The lowest BCUT2D eigenvalue weighted by atomic mass is 9.96. The SMILES string of the molecule is CCOc1c(Br)cc([C@@H]2[C@@H](c3ccccn3)N=C3S[C@@H](C)CN32)cc1OC. The standard InChI is InChI=1S/C20H22BrN3O2S/c1-4-26-19-14(21)9-13(10-16(19)25-3)18-17(15-7-5-6-8-22-15)23-20-24(18)11-12(2)27-20/h5-10,12,17-18H,4,11H2,1-3H3/t12-,17+,18+/m0/s1. The predicted octanol–water partition coefficient (Wildman–Crippen LogP) is 4.84. The number of ether oxygens (including phenoxy) is 2. The van der Waals surface area contributed by atoms with Crippen molar-refractivity contribution in [2.75, 3.05) is 20.3 Å². The van der Waals surface area contributed by atoms with E-state index in [9.17, 15) is 0 Å². The summed E-state index contributed by atoms with van der Waals surface area (Å²) in [5.41, 5.74) is 2.13. The topological polar surface area (TPSA) is 47.0 Å². The summed E-state index contributed by atoms with van der Waals surface area (Å²) >= 11 is 5.50. The largest absolute Gasteiger partial charge is 0.493 e. The number of nitrogens with zero attached hydrogens (tertiary/aromatic N) is 3. The van der Waals surface area contributed by atoms with Crippen molar-refractivity contribution in [3.63, 3.8) is 0 Å². The van der Waals surface area contributed by atoms with Gasteiger partial charge in [0.15, 0.2) is 16.7 Å². The van der Waals surface area contributed by atoms with E-state index in [1.165, 1.54) is 0 Å². The lowest BCUT2D eigenvalue weighted by molar-refractivity contribution is 0.302. The van der Waals surface area contributed by atoms with Crippen molar-refractivity contribution < 1.29 is 9.47 Å². The molecule has 0 N–H and O–H groups in total. The molecule has 142 valence electrons. The average Bonchev–Trinajstić information content (AvgIpc) is 3.20. The fourth-order valence-corrected chi connectivity index (χ4v) is 5.34. The maximum atomic E-state index is 5.76. The van der Waals surface area contributed by atoms with Crippen LogP contribution in [0.25, 0.3) is 0 Å². The van der Waals surface area contributed by atoms with Crippen molar-refractivity contribution in [3.8, 4) is 11.5 Å². The van der Waals surface area contributed by atoms with Crippen LogP contribution in [0.3, 0.4) is 0 Å². The number of halogens is 1. The van der Waals surface area contributed by atoms with Gasteiger partial charge in [0, 0.05) is 18.0 Å². The van der Waals surface area contributed by atoms with Crippen LogP contribution in [0.1, 0.15) is 37.2 Å². The molecule has 0 bridgehead atoms. The van der Waals surface area contributed by atoms with Crippen molar-refractivity contribution in [3.05, 3.63) is 52.3 Å². The van der Waals surface area contributed by atoms with Crippen LogP contribution in [0.4, 0.5) is 0 Å². The second-order valence-corrected chi connectivity index (χ2v) is 8.86. The lowest BCUT2D eigenvalue weighted by Gasteiger charge is -2.28. The molecule has 3 heterocycles. The van der Waals surface area contributed by atoms with Gasteiger partial charge in [-0.3, -0.25) is 9.98 Å². The van der Waals surface area contributed by atoms with Gasteiger partial charge in [0.25, 0.3) is 0 Å². The molecule has 27 heavy (non-hydrogen) atoms. The van der Waals surface area contributed by atoms with Gasteiger partial charge in [0.1, 0.15) is 6.04 Å². The van der Waals surface area contributed by atoms with Crippen molar-refractivity contribution in [1.29, 1.82) is 0 Å². The molecule has 7 heteroatoms. The number of hydrogen-bond acceptors (Lipinski definition) is 6. The number of amidine groups is 1. The van der Waals surface area contributed by atoms with E-state index in [1.54, 1.807) is 7.11 Å². The smallest absolute Gasteiger partial charge is 0.175 e. The zero-order valence-electron chi connectivity index (χ0n) is 15.6. The summed E-state index contributed by atoms with van der Waals surface area (Å²) < 4.78 is 12.3. The fourth-order valence-electron chi connectivity index (χ4n) is 3.67. The Labute approximate surface area is 172 Å². The minimum atomic E-state index is -0.0317. The first-order chi connectivity index (χ1) is 13.1. The van der Waals surface area contributed by atoms with Crippen LogP contribution in [0, 0.1) is 0 Å². The van der Waals surface area contributed by atoms with Gasteiger partial charge in [-0.15, -0.1) is 0 Å². The molecule has 1 aromatic carbocycles. The zero-order chi connectivity index (χ0) is 19.0. The number of pyridine rings is 1. The molecule has 1 saturated heterocycles. The van der Waals surface area contributed by atoms with E-state index >= 15 is 0 Å². The van der Waals surface area contributed by atoms with Gasteiger partial charge in [-0.05, 0) is 52.7 Å². The van der Waals surface area contributed by atoms with E-state index in [2.05, 4.69) is 50.9 Å². The van der Waals surface area contributed by atoms with Gasteiger partial charge < -0.3 is 14.4 Å². The first-order valence-corrected chi connectivity index (χ1v) is 10.7. The molecule has 5 nitrogen and oxygen atoms in total. The van der Waals surface area contributed by atoms with Gasteiger partial charge >= 0.3 is 0 Å². The van der Waals surface area contributed by atoms with E-state index in [-0.39, 0.29) is 12.1 Å². The number of aliphatic imine (C=N–C) groups is 1. The molecule has 0 saturated carbocycles. The molecule has 0 radical (unpaired) electrons. The molecule has 3 atom stereocenters. The third-order valence-electron chi connectivity index (χ3n) is 4.76. The first kappa shape index (κ1) is 18.6. The Kier molecular flexibility index (Phi) is 5.32. The Morgan fingerprint density at radius 2 is 2.19 bits per heavy atom. The van der Waals surface area contributed by atoms with E-state index in [4.69, 9.17) is 14.5 Å². The van der Waals surface area contributed by atoms with Gasteiger partial charge in [-0.25, -0.2) is 0 Å². The van der Waals surface area contributed by atoms with Crippen molar-refractivity contribution in [2.45, 2.75) is 31.2 Å². The second kappa shape index (κ2) is 7.72. The highest BCUT2D eigenvalue weighted by Crippen LogP contribution is 2.49. The number of hydrogen-bond donors (Lipinski definition) is 0. The Balaban J connectivity index is 1.79. The van der Waals surface area contributed by atoms with E-state index in [0.717, 1.165) is 38.9 Å². The summed E-state index contributed by atoms with van der Waals surface area (Å²) in [5.74, 6) is 1.47. The number of rotatable bonds is 5. The summed E-state index contributed by atoms with van der Waals surface area (Å²) in [5, 5.41) is 1.64. The number of fused-ring (bicyclic) bond motifs is 1. The van der Waals surface area contributed by atoms with Crippen LogP contribution in [0.5, 0.6) is 11.5 Å². The average molecular weight is 448 g/mol. The summed E-state index contributed by atoms with van der Waals surface area (Å²) in [6, 6.07) is 10.3. The van der Waals surface area contributed by atoms with Crippen molar-refractivity contribution in [1.82, 2.24) is 9.88 Å². The summed E-state index contributed by atoms with van der Waals surface area (Å²) in [7, 11) is 1.68. The molecule has 0 unspecified atom stereocenters. The Morgan fingerprint density at radius 1 is 1.33 bits per heavy atom. The molecule has 0 spiro atoms. The Hall–Kier alpha value is -1.73. The molecule has 1 fully saturated rings. The molecule has 2 aromatic rings. The maximum Gasteiger partial charge on any atom is 0.175 e. The van der Waals surface area contributed by atoms with Crippen molar-refractivity contribution >= 4 is 32.9 Å². The normalized spacial score (nSPS) is 23.9. The first-order valence-electron chi connectivity index (χ1n) is 9.04. The van der Waals surface area contributed by atoms with Crippen molar-refractivity contribution in [2.24, 2.45) is 4.99 Å². The quantitative estimate of drug-likeness (QED) is 0.655. The monoisotopic (exact) mass is 447 g/mol. The summed E-state index contributed by atoms with van der Waals surface area (Å²) in [6.45, 7) is 5.77. The molecule has 1 aromatic heterocycles. The number of aromatic nitrogens is 1. The lowest BCUT2D eigenvalue weighted by Crippen LogP contribution is -2.28. The van der Waals surface area contributed by atoms with Gasteiger partial charge in [-0.2, -0.15) is 0 Å². The highest BCUT2D eigenvalue weighted by atomic mass is 79.9. The predicted molar refractivity (Wildman–Crippen MR) is 113 cm³/mol. The molecule has 0 amide bonds. The fraction of sp³-hybridized carbons (Fsp3) is 0.400. The molecular formula is C20H22BrN3O2S. The maximum absolute atomic E-state index is 5.76. The van der Waals surface area contributed by atoms with Gasteiger partial charge in [-0.1, -0.05) is 24.8 Å². The number of thioether (sulfide) groups is 1. The minimum absolute atomic E-state index is 0.0317. The molecule has 2 aliphatic heterocycles. The summed E-state index contributed by atoms with van der Waals surface area (Å²) in [6.07, 6.45) is 1.83. The minimum Gasteiger partial charge on any atom is -0.493 e. The van der Waals surface area contributed by atoms with E-state index in [0.29, 0.717) is 11.9 Å². The molecular weight excluding hydrogens is 426 g/mol. The van der Waals surface area contributed by atoms with Crippen LogP contribution >= 0.6 is 27.7 Å². The third kappa shape index (κ3) is 3.43. The van der Waals surface area contributed by atoms with Crippen LogP contribution in [-0.2, 0) is 0 Å². The van der Waals surface area contributed by atoms with E-state index < -0.39 is 0 Å². The van der Waals surface area contributed by atoms with Crippen LogP contribution in [-0.4, -0.2) is 40.6 Å². The second-order valence-electron chi connectivity index (χ2n) is 6.60. The molecule has 4 rings (SSSR count). The number of benzene rings is 1. The Bertz CT molecular complexity index is 862. The van der Waals surface area contributed by atoms with Crippen LogP contribution in [0.15, 0.2) is 46.0 Å². The third-order valence-corrected chi connectivity index (χ3v) is 6.45. The van der Waals surface area contributed by atoms with Gasteiger partial charge in [0.2, 0.25) is 0 Å². The molecule has 0 aliphatic carbocycles. The Morgan fingerprint density at radius 3 is 2.89 bits per heavy atom. The highest BCUT2D eigenvalue weighted by molar-refractivity contribution is 9.10. The zero-order valence-corrected chi connectivity index (χ0v) is 18.0. The number of methoxy groups -OCH3 is 1. The molecule has 2 aliphatic rings. The van der Waals surface area contributed by atoms with Crippen LogP contribution in [0.2, 0.25) is 0 Å². The van der Waals surface area contributed by atoms with Crippen LogP contribution < -0.4 is 9.47 Å².